The summed E-state index contributed by atoms with van der Waals surface area (Å²) in [7, 11) is 1.56. The number of carbonyl (C=O) groups is 1. The summed E-state index contributed by atoms with van der Waals surface area (Å²) in [6, 6.07) is 0. The molecule has 94 valence electrons. The number of ether oxygens (including phenoxy) is 3. The molecule has 0 aliphatic rings. The van der Waals surface area contributed by atoms with Crippen LogP contribution in [-0.2, 0) is 19.0 Å². The van der Waals surface area contributed by atoms with Crippen LogP contribution in [0.25, 0.3) is 0 Å². The maximum atomic E-state index is 11.3. The highest BCUT2D eigenvalue weighted by atomic mass is 16.7. The van der Waals surface area contributed by atoms with Gasteiger partial charge in [0.2, 0.25) is 0 Å². The molecule has 0 saturated carbocycles. The Morgan fingerprint density at radius 3 is 2.31 bits per heavy atom. The lowest BCUT2D eigenvalue weighted by molar-refractivity contribution is -0.141. The quantitative estimate of drug-likeness (QED) is 0.382. The van der Waals surface area contributed by atoms with Crippen molar-refractivity contribution in [1.29, 1.82) is 0 Å². The largest absolute Gasteiger partial charge is 0.460 e. The van der Waals surface area contributed by atoms with Gasteiger partial charge in [0.15, 0.2) is 0 Å². The van der Waals surface area contributed by atoms with E-state index in [9.17, 15) is 4.79 Å². The van der Waals surface area contributed by atoms with E-state index in [-0.39, 0.29) is 30.9 Å². The minimum Gasteiger partial charge on any atom is -0.460 e. The van der Waals surface area contributed by atoms with Crippen molar-refractivity contribution in [1.82, 2.24) is 0 Å². The molecule has 0 bridgehead atoms. The molecule has 0 aliphatic carbocycles. The van der Waals surface area contributed by atoms with Crippen LogP contribution >= 0.6 is 0 Å². The molecule has 0 saturated heterocycles. The highest BCUT2D eigenvalue weighted by molar-refractivity contribution is 5.82. The van der Waals surface area contributed by atoms with Crippen molar-refractivity contribution < 1.29 is 19.0 Å². The molecule has 0 amide bonds. The standard InChI is InChI=1S/C12H22O4/c1-9(2)11(15-8-14-5)6-7-12(13)16-10(3)4/h6-7,9-11H,8H2,1-5H3/b7-6+. The van der Waals surface area contributed by atoms with Gasteiger partial charge in [0.25, 0.3) is 0 Å². The van der Waals surface area contributed by atoms with Gasteiger partial charge in [-0.1, -0.05) is 13.8 Å². The van der Waals surface area contributed by atoms with Crippen molar-refractivity contribution in [3.05, 3.63) is 12.2 Å². The smallest absolute Gasteiger partial charge is 0.330 e. The highest BCUT2D eigenvalue weighted by Gasteiger charge is 2.11. The normalized spacial score (nSPS) is 13.7. The number of methoxy groups -OCH3 is 1. The van der Waals surface area contributed by atoms with Crippen molar-refractivity contribution in [2.45, 2.75) is 39.9 Å². The van der Waals surface area contributed by atoms with Crippen LogP contribution in [0.15, 0.2) is 12.2 Å². The summed E-state index contributed by atoms with van der Waals surface area (Å²) in [5, 5.41) is 0. The predicted molar refractivity (Wildman–Crippen MR) is 62.0 cm³/mol. The summed E-state index contributed by atoms with van der Waals surface area (Å²) in [5.41, 5.74) is 0. The van der Waals surface area contributed by atoms with Crippen LogP contribution in [-0.4, -0.2) is 32.1 Å². The van der Waals surface area contributed by atoms with Crippen LogP contribution in [0.4, 0.5) is 0 Å². The van der Waals surface area contributed by atoms with E-state index in [1.165, 1.54) is 6.08 Å². The zero-order valence-corrected chi connectivity index (χ0v) is 10.7. The van der Waals surface area contributed by atoms with Gasteiger partial charge >= 0.3 is 5.97 Å². The summed E-state index contributed by atoms with van der Waals surface area (Å²) in [4.78, 5) is 11.3. The Labute approximate surface area is 97.6 Å². The highest BCUT2D eigenvalue weighted by Crippen LogP contribution is 2.08. The van der Waals surface area contributed by atoms with Crippen LogP contribution in [0.2, 0.25) is 0 Å². The Kier molecular flexibility index (Phi) is 7.85. The average molecular weight is 230 g/mol. The fourth-order valence-corrected chi connectivity index (χ4v) is 1.06. The first-order valence-corrected chi connectivity index (χ1v) is 5.46. The van der Waals surface area contributed by atoms with E-state index in [0.29, 0.717) is 0 Å². The number of hydrogen-bond donors (Lipinski definition) is 0. The van der Waals surface area contributed by atoms with Crippen molar-refractivity contribution >= 4 is 5.97 Å². The lowest BCUT2D eigenvalue weighted by Crippen LogP contribution is -2.19. The molecule has 4 heteroatoms. The molecule has 0 heterocycles. The molecule has 4 nitrogen and oxygen atoms in total. The molecule has 1 atom stereocenters. The van der Waals surface area contributed by atoms with Crippen molar-refractivity contribution in [2.75, 3.05) is 13.9 Å². The molecule has 0 rings (SSSR count). The van der Waals surface area contributed by atoms with E-state index < -0.39 is 0 Å². The second-order valence-corrected chi connectivity index (χ2v) is 4.13. The third kappa shape index (κ3) is 7.43. The van der Waals surface area contributed by atoms with E-state index in [2.05, 4.69) is 0 Å². The summed E-state index contributed by atoms with van der Waals surface area (Å²) < 4.78 is 15.2. The zero-order chi connectivity index (χ0) is 12.6. The molecule has 0 N–H and O–H groups in total. The molecule has 0 fully saturated rings. The molecule has 1 unspecified atom stereocenters. The summed E-state index contributed by atoms with van der Waals surface area (Å²) >= 11 is 0. The molecule has 0 radical (unpaired) electrons. The zero-order valence-electron chi connectivity index (χ0n) is 10.7. The minimum atomic E-state index is -0.346. The molecule has 0 aromatic rings. The Hall–Kier alpha value is -0.870. The van der Waals surface area contributed by atoms with Gasteiger partial charge in [0.1, 0.15) is 6.79 Å². The first-order chi connectivity index (χ1) is 7.47. The number of carbonyl (C=O) groups excluding carboxylic acids is 1. The molecular weight excluding hydrogens is 208 g/mol. The van der Waals surface area contributed by atoms with Crippen LogP contribution in [0.1, 0.15) is 27.7 Å². The molecule has 0 spiro atoms. The Balaban J connectivity index is 4.16. The van der Waals surface area contributed by atoms with Crippen LogP contribution < -0.4 is 0 Å². The van der Waals surface area contributed by atoms with E-state index in [1.54, 1.807) is 13.2 Å². The van der Waals surface area contributed by atoms with Gasteiger partial charge in [0, 0.05) is 13.2 Å². The lowest BCUT2D eigenvalue weighted by atomic mass is 10.1. The molecule has 0 aliphatic heterocycles. The topological polar surface area (TPSA) is 44.8 Å². The van der Waals surface area contributed by atoms with E-state index in [4.69, 9.17) is 14.2 Å². The SMILES string of the molecule is COCOC(/C=C/C(=O)OC(C)C)C(C)C. The first-order valence-electron chi connectivity index (χ1n) is 5.46. The molecular formula is C12H22O4. The summed E-state index contributed by atoms with van der Waals surface area (Å²) in [6.07, 6.45) is 2.86. The van der Waals surface area contributed by atoms with Gasteiger partial charge in [-0.3, -0.25) is 0 Å². The van der Waals surface area contributed by atoms with Gasteiger partial charge in [0.05, 0.1) is 12.2 Å². The Bertz CT molecular complexity index is 221. The van der Waals surface area contributed by atoms with E-state index in [1.807, 2.05) is 27.7 Å². The second-order valence-electron chi connectivity index (χ2n) is 4.13. The monoisotopic (exact) mass is 230 g/mol. The van der Waals surface area contributed by atoms with Crippen molar-refractivity contribution in [3.63, 3.8) is 0 Å². The van der Waals surface area contributed by atoms with Gasteiger partial charge in [-0.2, -0.15) is 0 Å². The summed E-state index contributed by atoms with van der Waals surface area (Å²) in [5.74, 6) is -0.0695. The maximum Gasteiger partial charge on any atom is 0.330 e. The fourth-order valence-electron chi connectivity index (χ4n) is 1.06. The summed E-state index contributed by atoms with van der Waals surface area (Å²) in [6.45, 7) is 7.86. The number of hydrogen-bond acceptors (Lipinski definition) is 4. The van der Waals surface area contributed by atoms with Crippen molar-refractivity contribution in [2.24, 2.45) is 5.92 Å². The maximum absolute atomic E-state index is 11.3. The lowest BCUT2D eigenvalue weighted by Gasteiger charge is -2.17. The third-order valence-electron chi connectivity index (χ3n) is 1.81. The Morgan fingerprint density at radius 2 is 1.88 bits per heavy atom. The molecule has 0 aromatic carbocycles. The second kappa shape index (κ2) is 8.30. The van der Waals surface area contributed by atoms with Gasteiger partial charge in [-0.15, -0.1) is 0 Å². The number of rotatable bonds is 7. The molecule has 0 aromatic heterocycles. The van der Waals surface area contributed by atoms with Crippen LogP contribution in [0.5, 0.6) is 0 Å². The van der Waals surface area contributed by atoms with Crippen molar-refractivity contribution in [3.8, 4) is 0 Å². The van der Waals surface area contributed by atoms with Gasteiger partial charge in [-0.05, 0) is 25.8 Å². The van der Waals surface area contributed by atoms with E-state index in [0.717, 1.165) is 0 Å². The van der Waals surface area contributed by atoms with Crippen LogP contribution in [0.3, 0.4) is 0 Å². The Morgan fingerprint density at radius 1 is 1.25 bits per heavy atom. The third-order valence-corrected chi connectivity index (χ3v) is 1.81. The minimum absolute atomic E-state index is 0.102. The average Bonchev–Trinajstić information content (AvgIpc) is 2.16. The first kappa shape index (κ1) is 15.1. The van der Waals surface area contributed by atoms with E-state index >= 15 is 0 Å². The van der Waals surface area contributed by atoms with Crippen LogP contribution in [0, 0.1) is 5.92 Å². The fraction of sp³-hybridized carbons (Fsp3) is 0.750. The van der Waals surface area contributed by atoms with Gasteiger partial charge < -0.3 is 14.2 Å². The predicted octanol–water partition coefficient (Wildman–Crippen LogP) is 2.14. The number of esters is 1. The molecule has 16 heavy (non-hydrogen) atoms. The van der Waals surface area contributed by atoms with Gasteiger partial charge in [-0.25, -0.2) is 4.79 Å².